The lowest BCUT2D eigenvalue weighted by Crippen LogP contribution is -2.18. The van der Waals surface area contributed by atoms with Crippen LogP contribution in [-0.4, -0.2) is 19.8 Å². The first-order valence-electron chi connectivity index (χ1n) is 4.63. The molecule has 1 aromatic carbocycles. The molecule has 1 atom stereocenters. The van der Waals surface area contributed by atoms with E-state index in [2.05, 4.69) is 4.99 Å². The molecule has 2 N–H and O–H groups in total. The van der Waals surface area contributed by atoms with E-state index in [0.29, 0.717) is 6.54 Å². The average Bonchev–Trinajstić information content (AvgIpc) is 2.20. The minimum absolute atomic E-state index is 0.278. The molecule has 0 fully saturated rings. The normalized spacial score (nSPS) is 13.4. The zero-order valence-corrected chi connectivity index (χ0v) is 9.04. The number of hydrogen-bond acceptors (Lipinski definition) is 2. The van der Waals surface area contributed by atoms with Gasteiger partial charge in [-0.15, -0.1) is 0 Å². The SMILES string of the molecule is CN=CC(CN)Cc1ccccc1Cl. The molecule has 0 radical (unpaired) electrons. The summed E-state index contributed by atoms with van der Waals surface area (Å²) in [6.45, 7) is 0.600. The minimum Gasteiger partial charge on any atom is -0.330 e. The number of rotatable bonds is 4. The van der Waals surface area contributed by atoms with Crippen LogP contribution in [0.1, 0.15) is 5.56 Å². The van der Waals surface area contributed by atoms with Crippen LogP contribution in [0, 0.1) is 5.92 Å². The van der Waals surface area contributed by atoms with Crippen molar-refractivity contribution in [3.8, 4) is 0 Å². The summed E-state index contributed by atoms with van der Waals surface area (Å²) in [6.07, 6.45) is 2.73. The number of aliphatic imine (C=N–C) groups is 1. The molecule has 0 spiro atoms. The second kappa shape index (κ2) is 5.78. The minimum atomic E-state index is 0.278. The number of halogens is 1. The van der Waals surface area contributed by atoms with Crippen molar-refractivity contribution >= 4 is 17.8 Å². The summed E-state index contributed by atoms with van der Waals surface area (Å²) in [5, 5.41) is 0.801. The van der Waals surface area contributed by atoms with Crippen molar-refractivity contribution in [2.75, 3.05) is 13.6 Å². The maximum absolute atomic E-state index is 6.04. The van der Waals surface area contributed by atoms with E-state index in [1.54, 1.807) is 7.05 Å². The van der Waals surface area contributed by atoms with Crippen molar-refractivity contribution in [3.63, 3.8) is 0 Å². The molecular weight excluding hydrogens is 196 g/mol. The van der Waals surface area contributed by atoms with Gasteiger partial charge in [-0.2, -0.15) is 0 Å². The lowest BCUT2D eigenvalue weighted by Gasteiger charge is -2.10. The van der Waals surface area contributed by atoms with Crippen LogP contribution in [-0.2, 0) is 6.42 Å². The van der Waals surface area contributed by atoms with Gasteiger partial charge in [0.1, 0.15) is 0 Å². The summed E-state index contributed by atoms with van der Waals surface area (Å²) in [5.74, 6) is 0.278. The standard InChI is InChI=1S/C11H15ClN2/c1-14-8-9(7-13)6-10-4-2-3-5-11(10)12/h2-5,8-9H,6-7,13H2,1H3. The predicted molar refractivity (Wildman–Crippen MR) is 62.1 cm³/mol. The van der Waals surface area contributed by atoms with Gasteiger partial charge in [0.15, 0.2) is 0 Å². The van der Waals surface area contributed by atoms with Gasteiger partial charge in [-0.05, 0) is 18.1 Å². The zero-order chi connectivity index (χ0) is 10.4. The first kappa shape index (κ1) is 11.2. The Morgan fingerprint density at radius 2 is 2.21 bits per heavy atom. The third-order valence-corrected chi connectivity index (χ3v) is 2.47. The summed E-state index contributed by atoms with van der Waals surface area (Å²) in [4.78, 5) is 3.98. The Hall–Kier alpha value is -0.860. The predicted octanol–water partition coefficient (Wildman–Crippen LogP) is 2.16. The summed E-state index contributed by atoms with van der Waals surface area (Å²) >= 11 is 6.04. The number of benzene rings is 1. The molecule has 0 aliphatic rings. The highest BCUT2D eigenvalue weighted by Gasteiger charge is 2.06. The molecule has 0 aromatic heterocycles. The zero-order valence-electron chi connectivity index (χ0n) is 8.28. The Morgan fingerprint density at radius 1 is 1.50 bits per heavy atom. The van der Waals surface area contributed by atoms with Crippen LogP contribution in [0.5, 0.6) is 0 Å². The monoisotopic (exact) mass is 210 g/mol. The Morgan fingerprint density at radius 3 is 2.79 bits per heavy atom. The fourth-order valence-corrected chi connectivity index (χ4v) is 1.57. The lowest BCUT2D eigenvalue weighted by molar-refractivity contribution is 0.710. The van der Waals surface area contributed by atoms with Gasteiger partial charge in [0, 0.05) is 30.7 Å². The molecule has 0 aliphatic heterocycles. The van der Waals surface area contributed by atoms with Crippen LogP contribution in [0.4, 0.5) is 0 Å². The van der Waals surface area contributed by atoms with Crippen LogP contribution >= 0.6 is 11.6 Å². The molecule has 0 aliphatic carbocycles. The molecular formula is C11H15ClN2. The van der Waals surface area contributed by atoms with E-state index in [1.807, 2.05) is 30.5 Å². The summed E-state index contributed by atoms with van der Waals surface area (Å²) in [5.41, 5.74) is 6.75. The number of hydrogen-bond donors (Lipinski definition) is 1. The maximum atomic E-state index is 6.04. The second-order valence-electron chi connectivity index (χ2n) is 3.20. The molecule has 0 saturated heterocycles. The van der Waals surface area contributed by atoms with Crippen LogP contribution in [0.3, 0.4) is 0 Å². The quantitative estimate of drug-likeness (QED) is 0.760. The van der Waals surface area contributed by atoms with E-state index in [-0.39, 0.29) is 5.92 Å². The van der Waals surface area contributed by atoms with E-state index < -0.39 is 0 Å². The smallest absolute Gasteiger partial charge is 0.0438 e. The molecule has 0 amide bonds. The molecule has 76 valence electrons. The first-order valence-corrected chi connectivity index (χ1v) is 5.01. The maximum Gasteiger partial charge on any atom is 0.0438 e. The highest BCUT2D eigenvalue weighted by Crippen LogP contribution is 2.17. The van der Waals surface area contributed by atoms with Crippen molar-refractivity contribution in [1.82, 2.24) is 0 Å². The molecule has 0 bridgehead atoms. The van der Waals surface area contributed by atoms with Crippen molar-refractivity contribution in [1.29, 1.82) is 0 Å². The molecule has 0 saturated carbocycles. The van der Waals surface area contributed by atoms with E-state index in [9.17, 15) is 0 Å². The third kappa shape index (κ3) is 3.13. The van der Waals surface area contributed by atoms with Gasteiger partial charge in [-0.25, -0.2) is 0 Å². The van der Waals surface area contributed by atoms with Crippen molar-refractivity contribution in [3.05, 3.63) is 34.9 Å². The van der Waals surface area contributed by atoms with Gasteiger partial charge < -0.3 is 10.7 Å². The summed E-state index contributed by atoms with van der Waals surface area (Å²) in [6, 6.07) is 7.83. The van der Waals surface area contributed by atoms with Crippen LogP contribution in [0.2, 0.25) is 5.02 Å². The Bertz CT molecular complexity index is 310. The van der Waals surface area contributed by atoms with Crippen LogP contribution in [0.25, 0.3) is 0 Å². The van der Waals surface area contributed by atoms with Gasteiger partial charge >= 0.3 is 0 Å². The lowest BCUT2D eigenvalue weighted by atomic mass is 10.0. The third-order valence-electron chi connectivity index (χ3n) is 2.10. The molecule has 1 rings (SSSR count). The second-order valence-corrected chi connectivity index (χ2v) is 3.61. The van der Waals surface area contributed by atoms with Crippen LogP contribution < -0.4 is 5.73 Å². The summed E-state index contributed by atoms with van der Waals surface area (Å²) < 4.78 is 0. The van der Waals surface area contributed by atoms with Gasteiger partial charge in [-0.1, -0.05) is 29.8 Å². The van der Waals surface area contributed by atoms with E-state index >= 15 is 0 Å². The Balaban J connectivity index is 2.71. The van der Waals surface area contributed by atoms with Crippen molar-refractivity contribution in [2.45, 2.75) is 6.42 Å². The number of nitrogens with zero attached hydrogens (tertiary/aromatic N) is 1. The molecule has 2 nitrogen and oxygen atoms in total. The van der Waals surface area contributed by atoms with Crippen molar-refractivity contribution in [2.24, 2.45) is 16.6 Å². The van der Waals surface area contributed by atoms with Crippen LogP contribution in [0.15, 0.2) is 29.3 Å². The molecule has 3 heteroatoms. The fraction of sp³-hybridized carbons (Fsp3) is 0.364. The van der Waals surface area contributed by atoms with Gasteiger partial charge in [0.05, 0.1) is 0 Å². The Kier molecular flexibility index (Phi) is 4.63. The molecule has 1 aromatic rings. The van der Waals surface area contributed by atoms with Gasteiger partial charge in [-0.3, -0.25) is 0 Å². The highest BCUT2D eigenvalue weighted by molar-refractivity contribution is 6.31. The Labute approximate surface area is 89.8 Å². The first-order chi connectivity index (χ1) is 6.77. The molecule has 1 unspecified atom stereocenters. The molecule has 0 heterocycles. The van der Waals surface area contributed by atoms with Gasteiger partial charge in [0.25, 0.3) is 0 Å². The summed E-state index contributed by atoms with van der Waals surface area (Å²) in [7, 11) is 1.76. The van der Waals surface area contributed by atoms with Gasteiger partial charge in [0.2, 0.25) is 0 Å². The average molecular weight is 211 g/mol. The highest BCUT2D eigenvalue weighted by atomic mass is 35.5. The molecule has 14 heavy (non-hydrogen) atoms. The van der Waals surface area contributed by atoms with E-state index in [0.717, 1.165) is 17.0 Å². The number of nitrogens with two attached hydrogens (primary N) is 1. The largest absolute Gasteiger partial charge is 0.330 e. The fourth-order valence-electron chi connectivity index (χ4n) is 1.35. The van der Waals surface area contributed by atoms with E-state index in [4.69, 9.17) is 17.3 Å². The van der Waals surface area contributed by atoms with Crippen molar-refractivity contribution < 1.29 is 0 Å². The van der Waals surface area contributed by atoms with E-state index in [1.165, 1.54) is 0 Å². The topological polar surface area (TPSA) is 38.4 Å².